The molecule has 0 saturated heterocycles. The molecule has 1 N–H and O–H groups in total. The van der Waals surface area contributed by atoms with E-state index in [9.17, 15) is 18.0 Å². The van der Waals surface area contributed by atoms with Gasteiger partial charge in [0.15, 0.2) is 11.5 Å². The highest BCUT2D eigenvalue weighted by molar-refractivity contribution is 7.09. The van der Waals surface area contributed by atoms with Gasteiger partial charge >= 0.3 is 6.18 Å². The number of anilines is 1. The summed E-state index contributed by atoms with van der Waals surface area (Å²) in [6.07, 6.45) is -3.20. The third-order valence-electron chi connectivity index (χ3n) is 2.28. The van der Waals surface area contributed by atoms with Gasteiger partial charge in [0.2, 0.25) is 5.91 Å². The topological polar surface area (TPSA) is 72.7 Å². The average Bonchev–Trinajstić information content (AvgIpc) is 2.97. The Balaban J connectivity index is 1.96. The molecule has 0 aromatic carbocycles. The fourth-order valence-corrected chi connectivity index (χ4v) is 2.16. The number of halogens is 3. The Hall–Kier alpha value is -1.97. The van der Waals surface area contributed by atoms with E-state index < -0.39 is 17.8 Å². The lowest BCUT2D eigenvalue weighted by Gasteiger charge is -2.00. The van der Waals surface area contributed by atoms with E-state index in [1.807, 2.05) is 6.92 Å². The average molecular weight is 305 g/mol. The lowest BCUT2D eigenvalue weighted by atomic mass is 10.4. The summed E-state index contributed by atoms with van der Waals surface area (Å²) in [4.78, 5) is 15.0. The zero-order chi connectivity index (χ0) is 14.8. The number of thiazole rings is 1. The zero-order valence-corrected chi connectivity index (χ0v) is 11.1. The fourth-order valence-electron chi connectivity index (χ4n) is 1.36. The molecule has 2 aromatic rings. The Morgan fingerprint density at radius 2 is 2.25 bits per heavy atom. The Morgan fingerprint density at radius 3 is 2.80 bits per heavy atom. The first kappa shape index (κ1) is 14.4. The molecule has 0 bridgehead atoms. The second-order valence-electron chi connectivity index (χ2n) is 3.81. The number of nitrogens with one attached hydrogen (secondary N) is 1. The van der Waals surface area contributed by atoms with Crippen LogP contribution >= 0.6 is 11.3 Å². The van der Waals surface area contributed by atoms with Gasteiger partial charge in [-0.15, -0.1) is 16.4 Å². The molecule has 2 heterocycles. The number of amides is 1. The van der Waals surface area contributed by atoms with Crippen LogP contribution in [0.1, 0.15) is 17.6 Å². The maximum Gasteiger partial charge on any atom is 0.434 e. The number of carbonyl (C=O) groups is 1. The summed E-state index contributed by atoms with van der Waals surface area (Å²) in [5.74, 6) is -0.235. The van der Waals surface area contributed by atoms with Gasteiger partial charge in [-0.3, -0.25) is 9.48 Å². The van der Waals surface area contributed by atoms with Crippen molar-refractivity contribution in [2.45, 2.75) is 26.1 Å². The molecule has 2 rings (SSSR count). The first-order valence-corrected chi connectivity index (χ1v) is 6.48. The summed E-state index contributed by atoms with van der Waals surface area (Å²) in [6.45, 7) is 2.46. The smallest absolute Gasteiger partial charge is 0.307 e. The molecule has 0 atom stereocenters. The van der Waals surface area contributed by atoms with E-state index in [4.69, 9.17) is 0 Å². The van der Waals surface area contributed by atoms with E-state index >= 15 is 0 Å². The summed E-state index contributed by atoms with van der Waals surface area (Å²) >= 11 is 0.792. The van der Waals surface area contributed by atoms with Gasteiger partial charge < -0.3 is 5.32 Å². The number of alkyl halides is 3. The van der Waals surface area contributed by atoms with Crippen LogP contribution in [-0.4, -0.2) is 25.9 Å². The Labute approximate surface area is 115 Å². The summed E-state index contributed by atoms with van der Waals surface area (Å²) in [7, 11) is 0. The summed E-state index contributed by atoms with van der Waals surface area (Å²) < 4.78 is 38.6. The largest absolute Gasteiger partial charge is 0.434 e. The van der Waals surface area contributed by atoms with Crippen molar-refractivity contribution >= 4 is 23.1 Å². The first-order chi connectivity index (χ1) is 9.38. The second kappa shape index (κ2) is 5.57. The monoisotopic (exact) mass is 305 g/mol. The third-order valence-corrected chi connectivity index (χ3v) is 3.13. The van der Waals surface area contributed by atoms with E-state index in [0.717, 1.165) is 16.7 Å². The van der Waals surface area contributed by atoms with E-state index in [-0.39, 0.29) is 17.2 Å². The summed E-state index contributed by atoms with van der Waals surface area (Å²) in [5.41, 5.74) is -0.984. The van der Waals surface area contributed by atoms with Crippen LogP contribution in [0.5, 0.6) is 0 Å². The van der Waals surface area contributed by atoms with Crippen LogP contribution in [0.15, 0.2) is 11.6 Å². The Morgan fingerprint density at radius 1 is 1.50 bits per heavy atom. The highest BCUT2D eigenvalue weighted by atomic mass is 32.1. The van der Waals surface area contributed by atoms with Crippen LogP contribution in [0.25, 0.3) is 0 Å². The lowest BCUT2D eigenvalue weighted by Crippen LogP contribution is -2.15. The van der Waals surface area contributed by atoms with E-state index in [1.165, 1.54) is 10.9 Å². The minimum atomic E-state index is -4.49. The molecular formula is C10H10F3N5OS. The van der Waals surface area contributed by atoms with Gasteiger partial charge in [-0.2, -0.15) is 13.2 Å². The molecule has 6 nitrogen and oxygen atoms in total. The fraction of sp³-hybridized carbons (Fsp3) is 0.400. The molecule has 0 saturated carbocycles. The van der Waals surface area contributed by atoms with Crippen LogP contribution in [0.2, 0.25) is 0 Å². The van der Waals surface area contributed by atoms with Crippen molar-refractivity contribution in [3.8, 4) is 0 Å². The van der Waals surface area contributed by atoms with Gasteiger partial charge in [0, 0.05) is 11.9 Å². The quantitative estimate of drug-likeness (QED) is 0.937. The van der Waals surface area contributed by atoms with Gasteiger partial charge in [0.25, 0.3) is 0 Å². The predicted octanol–water partition coefficient (Wildman–Crippen LogP) is 1.95. The first-order valence-electron chi connectivity index (χ1n) is 5.60. The number of hydrogen-bond acceptors (Lipinski definition) is 5. The maximum absolute atomic E-state index is 12.3. The van der Waals surface area contributed by atoms with Crippen LogP contribution in [0.4, 0.5) is 19.0 Å². The minimum Gasteiger partial charge on any atom is -0.307 e. The molecule has 20 heavy (non-hydrogen) atoms. The molecule has 0 aliphatic heterocycles. The highest BCUT2D eigenvalue weighted by Crippen LogP contribution is 2.30. The Bertz CT molecular complexity index is 606. The molecule has 10 heteroatoms. The van der Waals surface area contributed by atoms with Crippen molar-refractivity contribution in [2.75, 3.05) is 5.32 Å². The van der Waals surface area contributed by atoms with E-state index in [0.29, 0.717) is 6.54 Å². The molecule has 0 radical (unpaired) electrons. The van der Waals surface area contributed by atoms with Crippen LogP contribution in [0, 0.1) is 0 Å². The highest BCUT2D eigenvalue weighted by Gasteiger charge is 2.33. The van der Waals surface area contributed by atoms with Gasteiger partial charge in [-0.1, -0.05) is 5.21 Å². The van der Waals surface area contributed by atoms with Gasteiger partial charge in [0.1, 0.15) is 5.01 Å². The summed E-state index contributed by atoms with van der Waals surface area (Å²) in [6, 6.07) is 0. The van der Waals surface area contributed by atoms with E-state index in [2.05, 4.69) is 20.6 Å². The van der Waals surface area contributed by atoms with Crippen molar-refractivity contribution in [3.63, 3.8) is 0 Å². The number of hydrogen-bond donors (Lipinski definition) is 1. The van der Waals surface area contributed by atoms with Crippen molar-refractivity contribution in [3.05, 3.63) is 22.3 Å². The molecule has 0 unspecified atom stereocenters. The van der Waals surface area contributed by atoms with Crippen LogP contribution in [-0.2, 0) is 23.9 Å². The van der Waals surface area contributed by atoms with Crippen molar-refractivity contribution in [1.29, 1.82) is 0 Å². The maximum atomic E-state index is 12.3. The lowest BCUT2D eigenvalue weighted by molar-refractivity contribution is -0.140. The normalized spacial score (nSPS) is 11.6. The van der Waals surface area contributed by atoms with Gasteiger partial charge in [-0.25, -0.2) is 4.98 Å². The third kappa shape index (κ3) is 3.53. The standard InChI is InChI=1S/C10H10F3N5OS/c1-2-18-4-7(16-17-18)15-8(19)3-9-14-6(5-20-9)10(11,12)13/h4-5H,2-3H2,1H3,(H,15,19). The van der Waals surface area contributed by atoms with Crippen LogP contribution < -0.4 is 5.32 Å². The molecule has 2 aromatic heterocycles. The molecule has 1 amide bonds. The predicted molar refractivity (Wildman–Crippen MR) is 65.1 cm³/mol. The number of carbonyl (C=O) groups excluding carboxylic acids is 1. The minimum absolute atomic E-state index is 0.0951. The molecule has 0 aliphatic carbocycles. The molecule has 0 aliphatic rings. The molecule has 0 spiro atoms. The van der Waals surface area contributed by atoms with Crippen LogP contribution in [0.3, 0.4) is 0 Å². The van der Waals surface area contributed by atoms with Crippen molar-refractivity contribution in [1.82, 2.24) is 20.0 Å². The number of aryl methyl sites for hydroxylation is 1. The number of nitrogens with zero attached hydrogens (tertiary/aromatic N) is 4. The molecule has 0 fully saturated rings. The zero-order valence-electron chi connectivity index (χ0n) is 10.3. The molecular weight excluding hydrogens is 295 g/mol. The van der Waals surface area contributed by atoms with Crippen molar-refractivity contribution in [2.24, 2.45) is 0 Å². The van der Waals surface area contributed by atoms with Gasteiger partial charge in [0.05, 0.1) is 12.6 Å². The second-order valence-corrected chi connectivity index (χ2v) is 4.75. The van der Waals surface area contributed by atoms with E-state index in [1.54, 1.807) is 0 Å². The summed E-state index contributed by atoms with van der Waals surface area (Å²) in [5, 5.41) is 10.8. The van der Waals surface area contributed by atoms with Gasteiger partial charge in [-0.05, 0) is 6.92 Å². The Kier molecular flexibility index (Phi) is 4.02. The number of rotatable bonds is 4. The number of aromatic nitrogens is 4. The van der Waals surface area contributed by atoms with Crippen molar-refractivity contribution < 1.29 is 18.0 Å². The molecule has 108 valence electrons. The SMILES string of the molecule is CCn1cc(NC(=O)Cc2nc(C(F)(F)F)cs2)nn1.